The average Bonchev–Trinajstić information content (AvgIpc) is 2.67. The van der Waals surface area contributed by atoms with Crippen molar-refractivity contribution in [3.8, 4) is 11.5 Å². The van der Waals surface area contributed by atoms with Gasteiger partial charge in [0.05, 0.1) is 26.5 Å². The second kappa shape index (κ2) is 9.15. The van der Waals surface area contributed by atoms with Gasteiger partial charge >= 0.3 is 0 Å². The summed E-state index contributed by atoms with van der Waals surface area (Å²) < 4.78 is 10.4. The van der Waals surface area contributed by atoms with Crippen LogP contribution in [0.4, 0.5) is 5.69 Å². The molecule has 0 radical (unpaired) electrons. The van der Waals surface area contributed by atoms with Gasteiger partial charge in [0.25, 0.3) is 5.91 Å². The Morgan fingerprint density at radius 3 is 2.27 bits per heavy atom. The number of nitrogens with zero attached hydrogens (tertiary/aromatic N) is 1. The van der Waals surface area contributed by atoms with Gasteiger partial charge in [-0.25, -0.2) is 0 Å². The zero-order valence-corrected chi connectivity index (χ0v) is 16.1. The molecule has 2 aromatic rings. The number of ether oxygens (including phenoxy) is 2. The number of rotatable bonds is 7. The third-order valence-electron chi connectivity index (χ3n) is 3.71. The number of likely N-dealkylation sites (N-methyl/N-ethyl adjacent to an activating group) is 1. The predicted octanol–water partition coefficient (Wildman–Crippen LogP) is 3.14. The quantitative estimate of drug-likeness (QED) is 0.754. The molecular weight excluding hydrogens is 352 g/mol. The maximum atomic E-state index is 12.6. The molecule has 26 heavy (non-hydrogen) atoms. The van der Waals surface area contributed by atoms with Crippen molar-refractivity contribution >= 4 is 29.3 Å². The zero-order chi connectivity index (χ0) is 19.1. The number of carbonyl (C=O) groups excluding carboxylic acids is 2. The summed E-state index contributed by atoms with van der Waals surface area (Å²) in [5, 5.41) is 2.84. The lowest BCUT2D eigenvalue weighted by molar-refractivity contribution is -0.116. The summed E-state index contributed by atoms with van der Waals surface area (Å²) in [6.07, 6.45) is 1.94. The lowest BCUT2D eigenvalue weighted by atomic mass is 10.1. The SMILES string of the molecule is COc1cc(OC)cc(C(=O)N(C)CC(=O)Nc2ccccc2SC)c1. The molecule has 7 heteroatoms. The van der Waals surface area contributed by atoms with E-state index >= 15 is 0 Å². The largest absolute Gasteiger partial charge is 0.497 e. The molecule has 1 N–H and O–H groups in total. The van der Waals surface area contributed by atoms with Crippen molar-refractivity contribution in [2.24, 2.45) is 0 Å². The standard InChI is InChI=1S/C19H22N2O4S/c1-21(12-18(22)20-16-7-5-6-8-17(16)26-4)19(23)13-9-14(24-2)11-15(10-13)25-3/h5-11H,12H2,1-4H3,(H,20,22). The van der Waals surface area contributed by atoms with Gasteiger partial charge in [-0.15, -0.1) is 11.8 Å². The highest BCUT2D eigenvalue weighted by Crippen LogP contribution is 2.25. The summed E-state index contributed by atoms with van der Waals surface area (Å²) in [5.41, 5.74) is 1.12. The second-order valence-corrected chi connectivity index (χ2v) is 6.36. The fourth-order valence-corrected chi connectivity index (χ4v) is 2.93. The minimum Gasteiger partial charge on any atom is -0.497 e. The molecule has 0 aliphatic rings. The minimum absolute atomic E-state index is 0.0684. The number of benzene rings is 2. The minimum atomic E-state index is -0.296. The van der Waals surface area contributed by atoms with E-state index in [-0.39, 0.29) is 18.4 Å². The van der Waals surface area contributed by atoms with Crippen LogP contribution in [0.2, 0.25) is 0 Å². The molecule has 0 aliphatic carbocycles. The Kier molecular flexibility index (Phi) is 6.91. The number of methoxy groups -OCH3 is 2. The average molecular weight is 374 g/mol. The van der Waals surface area contributed by atoms with Gasteiger partial charge in [0.1, 0.15) is 11.5 Å². The van der Waals surface area contributed by atoms with E-state index < -0.39 is 0 Å². The molecule has 2 amide bonds. The molecule has 0 aromatic heterocycles. The predicted molar refractivity (Wildman–Crippen MR) is 103 cm³/mol. The molecule has 0 fully saturated rings. The first-order valence-electron chi connectivity index (χ1n) is 7.90. The molecule has 0 bridgehead atoms. The van der Waals surface area contributed by atoms with Crippen molar-refractivity contribution in [3.63, 3.8) is 0 Å². The molecule has 0 heterocycles. The van der Waals surface area contributed by atoms with Gasteiger partial charge in [-0.3, -0.25) is 9.59 Å². The van der Waals surface area contributed by atoms with Crippen molar-refractivity contribution in [1.29, 1.82) is 0 Å². The fraction of sp³-hybridized carbons (Fsp3) is 0.263. The van der Waals surface area contributed by atoms with Gasteiger partial charge in [-0.1, -0.05) is 12.1 Å². The van der Waals surface area contributed by atoms with Crippen LogP contribution in [0.25, 0.3) is 0 Å². The summed E-state index contributed by atoms with van der Waals surface area (Å²) in [5.74, 6) is 0.464. The first-order chi connectivity index (χ1) is 12.5. The Morgan fingerprint density at radius 2 is 1.69 bits per heavy atom. The molecule has 0 unspecified atom stereocenters. The van der Waals surface area contributed by atoms with Crippen LogP contribution in [-0.4, -0.2) is 50.8 Å². The Bertz CT molecular complexity index is 773. The monoisotopic (exact) mass is 374 g/mol. The first-order valence-corrected chi connectivity index (χ1v) is 9.12. The van der Waals surface area contributed by atoms with E-state index in [1.807, 2.05) is 30.5 Å². The Hall–Kier alpha value is -2.67. The Labute approximate surface area is 157 Å². The van der Waals surface area contributed by atoms with Gasteiger partial charge in [0.15, 0.2) is 0 Å². The van der Waals surface area contributed by atoms with E-state index in [4.69, 9.17) is 9.47 Å². The van der Waals surface area contributed by atoms with Crippen LogP contribution in [0.5, 0.6) is 11.5 Å². The van der Waals surface area contributed by atoms with Crippen molar-refractivity contribution in [2.75, 3.05) is 39.4 Å². The van der Waals surface area contributed by atoms with E-state index in [1.54, 1.807) is 37.0 Å². The van der Waals surface area contributed by atoms with Gasteiger partial charge < -0.3 is 19.7 Å². The molecule has 0 saturated carbocycles. The highest BCUT2D eigenvalue weighted by molar-refractivity contribution is 7.98. The lowest BCUT2D eigenvalue weighted by Gasteiger charge is -2.18. The number of para-hydroxylation sites is 1. The van der Waals surface area contributed by atoms with Crippen LogP contribution in [-0.2, 0) is 4.79 Å². The second-order valence-electron chi connectivity index (χ2n) is 5.51. The van der Waals surface area contributed by atoms with E-state index in [2.05, 4.69) is 5.32 Å². The molecule has 6 nitrogen and oxygen atoms in total. The number of anilines is 1. The van der Waals surface area contributed by atoms with E-state index in [9.17, 15) is 9.59 Å². The summed E-state index contributed by atoms with van der Waals surface area (Å²) in [4.78, 5) is 27.2. The zero-order valence-electron chi connectivity index (χ0n) is 15.2. The summed E-state index contributed by atoms with van der Waals surface area (Å²) in [7, 11) is 4.61. The normalized spacial score (nSPS) is 10.2. The maximum Gasteiger partial charge on any atom is 0.254 e. The van der Waals surface area contributed by atoms with Gasteiger partial charge in [-0.05, 0) is 30.5 Å². The molecule has 2 rings (SSSR count). The fourth-order valence-electron chi connectivity index (χ4n) is 2.38. The lowest BCUT2D eigenvalue weighted by Crippen LogP contribution is -2.35. The third kappa shape index (κ3) is 4.92. The van der Waals surface area contributed by atoms with Crippen molar-refractivity contribution in [3.05, 3.63) is 48.0 Å². The number of amides is 2. The molecule has 0 saturated heterocycles. The highest BCUT2D eigenvalue weighted by atomic mass is 32.2. The summed E-state index contributed by atoms with van der Waals surface area (Å²) in [6, 6.07) is 12.4. The van der Waals surface area contributed by atoms with Crippen LogP contribution in [0, 0.1) is 0 Å². The number of carbonyl (C=O) groups is 2. The van der Waals surface area contributed by atoms with Gasteiger partial charge in [-0.2, -0.15) is 0 Å². The van der Waals surface area contributed by atoms with Crippen LogP contribution >= 0.6 is 11.8 Å². The van der Waals surface area contributed by atoms with Crippen LogP contribution in [0.1, 0.15) is 10.4 Å². The van der Waals surface area contributed by atoms with Crippen LogP contribution < -0.4 is 14.8 Å². The number of hydrogen-bond donors (Lipinski definition) is 1. The molecular formula is C19H22N2O4S. The first kappa shape index (κ1) is 19.7. The summed E-state index contributed by atoms with van der Waals surface area (Å²) >= 11 is 1.54. The third-order valence-corrected chi connectivity index (χ3v) is 4.50. The molecule has 0 aliphatic heterocycles. The van der Waals surface area contributed by atoms with Crippen LogP contribution in [0.3, 0.4) is 0 Å². The van der Waals surface area contributed by atoms with Crippen molar-refractivity contribution in [2.45, 2.75) is 4.90 Å². The van der Waals surface area contributed by atoms with E-state index in [0.29, 0.717) is 17.1 Å². The van der Waals surface area contributed by atoms with Crippen molar-refractivity contribution in [1.82, 2.24) is 4.90 Å². The van der Waals surface area contributed by atoms with Crippen molar-refractivity contribution < 1.29 is 19.1 Å². The van der Waals surface area contributed by atoms with Crippen LogP contribution in [0.15, 0.2) is 47.4 Å². The maximum absolute atomic E-state index is 12.6. The van der Waals surface area contributed by atoms with E-state index in [1.165, 1.54) is 19.1 Å². The molecule has 0 atom stereocenters. The number of nitrogens with one attached hydrogen (secondary N) is 1. The Balaban J connectivity index is 2.08. The number of thioether (sulfide) groups is 1. The Morgan fingerprint density at radius 1 is 1.08 bits per heavy atom. The smallest absolute Gasteiger partial charge is 0.254 e. The molecule has 0 spiro atoms. The highest BCUT2D eigenvalue weighted by Gasteiger charge is 2.17. The topological polar surface area (TPSA) is 67.9 Å². The number of hydrogen-bond acceptors (Lipinski definition) is 5. The molecule has 2 aromatic carbocycles. The van der Waals surface area contributed by atoms with Gasteiger partial charge in [0, 0.05) is 23.6 Å². The van der Waals surface area contributed by atoms with E-state index in [0.717, 1.165) is 10.6 Å². The molecule has 138 valence electrons. The summed E-state index contributed by atoms with van der Waals surface area (Å²) in [6.45, 7) is -0.0684. The van der Waals surface area contributed by atoms with Gasteiger partial charge in [0.2, 0.25) is 5.91 Å².